The maximum atomic E-state index is 10.5. The van der Waals surface area contributed by atoms with Gasteiger partial charge in [0, 0.05) is 30.5 Å². The minimum Gasteiger partial charge on any atom is -0.315 e. The number of benzene rings is 1. The van der Waals surface area contributed by atoms with Crippen LogP contribution >= 0.6 is 24.4 Å². The Bertz CT molecular complexity index is 578. The first-order valence-corrected chi connectivity index (χ1v) is 9.90. The molecule has 0 bridgehead atoms. The minimum absolute atomic E-state index is 0.0287. The van der Waals surface area contributed by atoms with Crippen molar-refractivity contribution < 1.29 is 17.8 Å². The molecule has 0 fully saturated rings. The molecule has 5 nitrogen and oxygen atoms in total. The van der Waals surface area contributed by atoms with Gasteiger partial charge in [0.1, 0.15) is 0 Å². The minimum atomic E-state index is -4.02. The van der Waals surface area contributed by atoms with E-state index in [-0.39, 0.29) is 14.8 Å². The van der Waals surface area contributed by atoms with Crippen LogP contribution in [-0.2, 0) is 14.9 Å². The van der Waals surface area contributed by atoms with Gasteiger partial charge >= 0.3 is 0 Å². The summed E-state index contributed by atoms with van der Waals surface area (Å²) in [6.07, 6.45) is 0. The van der Waals surface area contributed by atoms with Gasteiger partial charge in [0.15, 0.2) is 5.12 Å². The van der Waals surface area contributed by atoms with Crippen LogP contribution in [-0.4, -0.2) is 41.7 Å². The zero-order valence-electron chi connectivity index (χ0n) is 13.9. The maximum absolute atomic E-state index is 10.5. The van der Waals surface area contributed by atoms with E-state index in [0.29, 0.717) is 0 Å². The second-order valence-corrected chi connectivity index (χ2v) is 9.52. The molecule has 0 amide bonds. The van der Waals surface area contributed by atoms with Gasteiger partial charge in [0.2, 0.25) is 0 Å². The normalized spacial score (nSPS) is 11.6. The highest BCUT2D eigenvalue weighted by atomic mass is 32.2. The monoisotopic (exact) mass is 379 g/mol. The highest BCUT2D eigenvalue weighted by molar-refractivity contribution is 8.13. The third-order valence-corrected chi connectivity index (χ3v) is 4.30. The number of hydrogen-bond donors (Lipinski definition) is 3. The SMILES string of the molecule is CC(=O)SCCNCC(C)(C)S.Cc1ccc(S(=O)(=O)O)cc1. The molecule has 8 heteroatoms. The lowest BCUT2D eigenvalue weighted by atomic mass is 10.2. The van der Waals surface area contributed by atoms with Crippen molar-refractivity contribution in [1.29, 1.82) is 0 Å². The number of nitrogens with one attached hydrogen (secondary N) is 1. The van der Waals surface area contributed by atoms with Gasteiger partial charge in [-0.25, -0.2) is 0 Å². The highest BCUT2D eigenvalue weighted by Crippen LogP contribution is 2.09. The molecule has 0 aliphatic rings. The fourth-order valence-electron chi connectivity index (χ4n) is 1.37. The van der Waals surface area contributed by atoms with Crippen LogP contribution in [0.25, 0.3) is 0 Å². The van der Waals surface area contributed by atoms with E-state index in [9.17, 15) is 13.2 Å². The van der Waals surface area contributed by atoms with E-state index < -0.39 is 10.1 Å². The van der Waals surface area contributed by atoms with Crippen molar-refractivity contribution >= 4 is 39.6 Å². The number of carbonyl (C=O) groups excluding carboxylic acids is 1. The summed E-state index contributed by atoms with van der Waals surface area (Å²) < 4.78 is 29.6. The fraction of sp³-hybridized carbons (Fsp3) is 0.533. The smallest absolute Gasteiger partial charge is 0.294 e. The number of rotatable bonds is 6. The van der Waals surface area contributed by atoms with E-state index in [1.165, 1.54) is 23.9 Å². The number of hydrogen-bond acceptors (Lipinski definition) is 6. The Morgan fingerprint density at radius 1 is 1.30 bits per heavy atom. The Hall–Kier alpha value is -0.540. The highest BCUT2D eigenvalue weighted by Gasteiger charge is 2.09. The lowest BCUT2D eigenvalue weighted by molar-refractivity contribution is -0.109. The zero-order chi connectivity index (χ0) is 18.1. The summed E-state index contributed by atoms with van der Waals surface area (Å²) >= 11 is 5.72. The third-order valence-electron chi connectivity index (χ3n) is 2.46. The molecular formula is C15H25NO4S3. The van der Waals surface area contributed by atoms with Crippen LogP contribution in [0.2, 0.25) is 0 Å². The topological polar surface area (TPSA) is 83.5 Å². The Kier molecular flexibility index (Phi) is 10.1. The van der Waals surface area contributed by atoms with E-state index in [0.717, 1.165) is 24.4 Å². The van der Waals surface area contributed by atoms with Crippen LogP contribution in [0.1, 0.15) is 26.3 Å². The summed E-state index contributed by atoms with van der Waals surface area (Å²) in [5, 5.41) is 3.41. The van der Waals surface area contributed by atoms with Crippen LogP contribution in [0.3, 0.4) is 0 Å². The molecule has 0 radical (unpaired) electrons. The number of carbonyl (C=O) groups is 1. The number of thiol groups is 1. The van der Waals surface area contributed by atoms with Crippen molar-refractivity contribution in [2.45, 2.75) is 37.3 Å². The standard InChI is InChI=1S/C8H17NOS2.C7H8O3S/c1-7(10)12-5-4-9-6-8(2,3)11;1-6-2-4-7(5-3-6)11(8,9)10/h9,11H,4-6H2,1-3H3;2-5H,1H3,(H,8,9,10). The van der Waals surface area contributed by atoms with Crippen LogP contribution in [0.5, 0.6) is 0 Å². The summed E-state index contributed by atoms with van der Waals surface area (Å²) in [5.41, 5.74) is 0.956. The van der Waals surface area contributed by atoms with Crippen molar-refractivity contribution in [2.24, 2.45) is 0 Å². The number of aryl methyl sites for hydroxylation is 1. The van der Waals surface area contributed by atoms with Gasteiger partial charge in [0.05, 0.1) is 4.90 Å². The molecule has 23 heavy (non-hydrogen) atoms. The molecular weight excluding hydrogens is 354 g/mol. The van der Waals surface area contributed by atoms with Crippen molar-refractivity contribution in [3.8, 4) is 0 Å². The Balaban J connectivity index is 0.000000422. The van der Waals surface area contributed by atoms with Crippen molar-refractivity contribution in [2.75, 3.05) is 18.8 Å². The average Bonchev–Trinajstić information content (AvgIpc) is 2.36. The molecule has 2 N–H and O–H groups in total. The molecule has 0 spiro atoms. The second kappa shape index (κ2) is 10.4. The summed E-state index contributed by atoms with van der Waals surface area (Å²) in [4.78, 5) is 10.5. The van der Waals surface area contributed by atoms with Crippen LogP contribution in [0, 0.1) is 6.92 Å². The van der Waals surface area contributed by atoms with Crippen molar-refractivity contribution in [3.05, 3.63) is 29.8 Å². The van der Waals surface area contributed by atoms with Gasteiger partial charge in [0.25, 0.3) is 10.1 Å². The van der Waals surface area contributed by atoms with Gasteiger partial charge in [-0.3, -0.25) is 9.35 Å². The molecule has 0 saturated carbocycles. The zero-order valence-corrected chi connectivity index (χ0v) is 16.4. The maximum Gasteiger partial charge on any atom is 0.294 e. The van der Waals surface area contributed by atoms with Crippen molar-refractivity contribution in [1.82, 2.24) is 5.32 Å². The Morgan fingerprint density at radius 2 is 1.83 bits per heavy atom. The molecule has 1 rings (SSSR count). The lowest BCUT2D eigenvalue weighted by Gasteiger charge is -2.17. The lowest BCUT2D eigenvalue weighted by Crippen LogP contribution is -2.31. The molecule has 1 aromatic carbocycles. The first-order valence-electron chi connectivity index (χ1n) is 7.02. The van der Waals surface area contributed by atoms with E-state index in [1.807, 2.05) is 6.92 Å². The molecule has 132 valence electrons. The predicted molar refractivity (Wildman–Crippen MR) is 100 cm³/mol. The summed E-state index contributed by atoms with van der Waals surface area (Å²) in [7, 11) is -4.02. The van der Waals surface area contributed by atoms with E-state index in [1.54, 1.807) is 19.1 Å². The molecule has 1 aromatic rings. The molecule has 0 unspecified atom stereocenters. The van der Waals surface area contributed by atoms with Gasteiger partial charge in [-0.05, 0) is 32.9 Å². The Labute approximate surface area is 148 Å². The third kappa shape index (κ3) is 13.6. The first-order chi connectivity index (χ1) is 10.4. The fourth-order valence-corrected chi connectivity index (χ4v) is 2.50. The molecule has 0 atom stereocenters. The van der Waals surface area contributed by atoms with Crippen molar-refractivity contribution in [3.63, 3.8) is 0 Å². The van der Waals surface area contributed by atoms with Crippen LogP contribution in [0.15, 0.2) is 29.2 Å². The van der Waals surface area contributed by atoms with Gasteiger partial charge < -0.3 is 5.32 Å². The Morgan fingerprint density at radius 3 is 2.22 bits per heavy atom. The second-order valence-electron chi connectivity index (χ2n) is 5.62. The molecule has 0 aliphatic heterocycles. The van der Waals surface area contributed by atoms with Gasteiger partial charge in [-0.1, -0.05) is 29.5 Å². The molecule has 0 aliphatic carbocycles. The largest absolute Gasteiger partial charge is 0.315 e. The molecule has 0 aromatic heterocycles. The molecule has 0 heterocycles. The van der Waals surface area contributed by atoms with Gasteiger partial charge in [-0.15, -0.1) is 0 Å². The first kappa shape index (κ1) is 22.5. The average molecular weight is 380 g/mol. The quantitative estimate of drug-likeness (QED) is 0.400. The van der Waals surface area contributed by atoms with Gasteiger partial charge in [-0.2, -0.15) is 21.0 Å². The number of thioether (sulfide) groups is 1. The predicted octanol–water partition coefficient (Wildman–Crippen LogP) is 2.81. The summed E-state index contributed by atoms with van der Waals surface area (Å²) in [5.74, 6) is 0.846. The van der Waals surface area contributed by atoms with E-state index >= 15 is 0 Å². The van der Waals surface area contributed by atoms with Crippen LogP contribution < -0.4 is 5.32 Å². The summed E-state index contributed by atoms with van der Waals surface area (Å²) in [6, 6.07) is 5.99. The van der Waals surface area contributed by atoms with Crippen LogP contribution in [0.4, 0.5) is 0 Å². The van der Waals surface area contributed by atoms with E-state index in [2.05, 4.69) is 31.8 Å². The summed E-state index contributed by atoms with van der Waals surface area (Å²) in [6.45, 7) is 9.28. The molecule has 0 saturated heterocycles. The van der Waals surface area contributed by atoms with E-state index in [4.69, 9.17) is 4.55 Å².